The van der Waals surface area contributed by atoms with E-state index >= 15 is 0 Å². The van der Waals surface area contributed by atoms with Crippen molar-refractivity contribution in [1.82, 2.24) is 0 Å². The molecule has 0 saturated carbocycles. The first-order valence-electron chi connectivity index (χ1n) is 8.55. The van der Waals surface area contributed by atoms with Crippen molar-refractivity contribution in [1.29, 1.82) is 0 Å². The monoisotopic (exact) mass is 456 g/mol. The number of ether oxygens (including phenoxy) is 3. The molecule has 29 heavy (non-hydrogen) atoms. The van der Waals surface area contributed by atoms with Gasteiger partial charge in [-0.2, -0.15) is 0 Å². The van der Waals surface area contributed by atoms with E-state index in [1.807, 2.05) is 0 Å². The van der Waals surface area contributed by atoms with E-state index in [2.05, 4.69) is 4.52 Å². The lowest BCUT2D eigenvalue weighted by molar-refractivity contribution is -0.237. The second kappa shape index (κ2) is 10.2. The molecular weight excluding hydrogens is 435 g/mol. The molecule has 0 spiro atoms. The fraction of sp³-hybridized carbons (Fsp3) is 1.00. The summed E-state index contributed by atoms with van der Waals surface area (Å²) in [5, 5.41) is 0. The van der Waals surface area contributed by atoms with Crippen LogP contribution in [0.2, 0.25) is 0 Å². The maximum atomic E-state index is 14.1. The van der Waals surface area contributed by atoms with Gasteiger partial charge in [-0.05, 0) is 0 Å². The quantitative estimate of drug-likeness (QED) is 0.288. The van der Waals surface area contributed by atoms with Gasteiger partial charge < -0.3 is 42.1 Å². The van der Waals surface area contributed by atoms with E-state index in [0.717, 1.165) is 7.11 Å². The zero-order valence-electron chi connectivity index (χ0n) is 16.0. The van der Waals surface area contributed by atoms with Crippen LogP contribution in [0.15, 0.2) is 0 Å². The highest BCUT2D eigenvalue weighted by atomic mass is 31.2. The van der Waals surface area contributed by atoms with Crippen molar-refractivity contribution in [2.75, 3.05) is 27.4 Å². The third-order valence-electron chi connectivity index (χ3n) is 4.51. The lowest BCUT2D eigenvalue weighted by atomic mass is 9.86. The van der Waals surface area contributed by atoms with Gasteiger partial charge in [-0.25, -0.2) is 4.39 Å². The minimum atomic E-state index is -5.08. The van der Waals surface area contributed by atoms with E-state index in [9.17, 15) is 23.3 Å². The van der Waals surface area contributed by atoms with Crippen LogP contribution in [-0.4, -0.2) is 85.7 Å². The number of methoxy groups -OCH3 is 1. The Labute approximate surface area is 170 Å². The van der Waals surface area contributed by atoms with Crippen LogP contribution in [0.3, 0.4) is 0 Å². The molecule has 4 unspecified atom stereocenters. The molecule has 0 N–H and O–H groups in total. The summed E-state index contributed by atoms with van der Waals surface area (Å²) in [6, 6.07) is -2.34. The van der Waals surface area contributed by atoms with Gasteiger partial charge in [0.05, 0.1) is 25.3 Å². The molecule has 2 rings (SSSR count). The molecule has 4 radical (unpaired) electrons. The van der Waals surface area contributed by atoms with Crippen LogP contribution in [0.5, 0.6) is 0 Å². The summed E-state index contributed by atoms with van der Waals surface area (Å²) < 4.78 is 71.7. The molecule has 0 aliphatic carbocycles. The van der Waals surface area contributed by atoms with Crippen LogP contribution >= 0.6 is 15.6 Å². The number of hydrogen-bond acceptors (Lipinski definition) is 11. The van der Waals surface area contributed by atoms with Crippen LogP contribution in [0.4, 0.5) is 4.39 Å². The van der Waals surface area contributed by atoms with Gasteiger partial charge in [0.2, 0.25) is 0 Å². The molecule has 10 atom stereocenters. The SMILES string of the molecule is [B][C@@H]1O[C@H](COP(=O)([O-])O[C@@H]2C(F)[C@H]([B])O[C@@H]2COC)[C@H](OP(=O)([O-])OC)C1C. The van der Waals surface area contributed by atoms with Crippen molar-refractivity contribution in [2.24, 2.45) is 5.92 Å². The van der Waals surface area contributed by atoms with Crippen molar-refractivity contribution >= 4 is 31.3 Å². The fourth-order valence-electron chi connectivity index (χ4n) is 2.93. The third kappa shape index (κ3) is 6.57. The van der Waals surface area contributed by atoms with Crippen molar-refractivity contribution in [3.05, 3.63) is 0 Å². The predicted octanol–water partition coefficient (Wildman–Crippen LogP) is -1.24. The van der Waals surface area contributed by atoms with Crippen LogP contribution in [0.1, 0.15) is 6.92 Å². The average Bonchev–Trinajstić information content (AvgIpc) is 3.05. The Kier molecular flexibility index (Phi) is 8.93. The van der Waals surface area contributed by atoms with Crippen molar-refractivity contribution < 1.29 is 55.6 Å². The van der Waals surface area contributed by atoms with Gasteiger partial charge in [0, 0.05) is 26.1 Å². The van der Waals surface area contributed by atoms with Crippen molar-refractivity contribution in [3.63, 3.8) is 0 Å². The Morgan fingerprint density at radius 1 is 0.966 bits per heavy atom. The average molecular weight is 456 g/mol. The Morgan fingerprint density at radius 3 is 2.10 bits per heavy atom. The van der Waals surface area contributed by atoms with E-state index in [4.69, 9.17) is 43.5 Å². The van der Waals surface area contributed by atoms with Gasteiger partial charge >= 0.3 is 0 Å². The first-order chi connectivity index (χ1) is 13.4. The van der Waals surface area contributed by atoms with E-state index in [0.29, 0.717) is 0 Å². The Hall–Kier alpha value is 0.160. The highest BCUT2D eigenvalue weighted by Crippen LogP contribution is 2.47. The minimum Gasteiger partial charge on any atom is -0.756 e. The van der Waals surface area contributed by atoms with Gasteiger partial charge in [0.1, 0.15) is 40.2 Å². The maximum absolute atomic E-state index is 14.1. The summed E-state index contributed by atoms with van der Waals surface area (Å²) in [6.07, 6.45) is -6.95. The molecule has 0 bridgehead atoms. The van der Waals surface area contributed by atoms with E-state index in [1.165, 1.54) is 7.11 Å². The number of rotatable bonds is 10. The molecular formula is C13H21B2FO11P2-2. The molecule has 2 fully saturated rings. The first kappa shape index (κ1) is 25.4. The largest absolute Gasteiger partial charge is 0.756 e. The van der Waals surface area contributed by atoms with Crippen molar-refractivity contribution in [2.45, 2.75) is 49.5 Å². The fourth-order valence-corrected chi connectivity index (χ4v) is 4.59. The number of phosphoric acid groups is 2. The van der Waals surface area contributed by atoms with Crippen molar-refractivity contribution in [3.8, 4) is 0 Å². The van der Waals surface area contributed by atoms with Gasteiger partial charge in [0.25, 0.3) is 15.6 Å². The van der Waals surface area contributed by atoms with E-state index in [1.54, 1.807) is 6.92 Å². The summed E-state index contributed by atoms with van der Waals surface area (Å²) in [5.41, 5.74) is 0. The van der Waals surface area contributed by atoms with Crippen LogP contribution < -0.4 is 9.79 Å². The topological polar surface area (TPSA) is 145 Å². The molecule has 0 aromatic carbocycles. The Balaban J connectivity index is 2.00. The summed E-state index contributed by atoms with van der Waals surface area (Å²) in [6.45, 7) is 0.680. The summed E-state index contributed by atoms with van der Waals surface area (Å²) in [5.74, 6) is -0.629. The molecule has 2 heterocycles. The first-order valence-corrected chi connectivity index (χ1v) is 11.5. The normalized spacial score (nSPS) is 41.9. The van der Waals surface area contributed by atoms with Crippen LogP contribution in [-0.2, 0) is 41.4 Å². The molecule has 2 aliphatic heterocycles. The van der Waals surface area contributed by atoms with Gasteiger partial charge in [0.15, 0.2) is 0 Å². The molecule has 2 saturated heterocycles. The van der Waals surface area contributed by atoms with Crippen LogP contribution in [0, 0.1) is 5.92 Å². The second-order valence-corrected chi connectivity index (χ2v) is 9.38. The Morgan fingerprint density at radius 2 is 1.52 bits per heavy atom. The highest BCUT2D eigenvalue weighted by Gasteiger charge is 2.46. The molecule has 0 aromatic heterocycles. The smallest absolute Gasteiger partial charge is 0.268 e. The molecule has 0 aromatic rings. The Bertz CT molecular complexity index is 646. The molecule has 0 amide bonds. The van der Waals surface area contributed by atoms with Gasteiger partial charge in [-0.15, -0.1) is 0 Å². The van der Waals surface area contributed by atoms with Gasteiger partial charge in [-0.1, -0.05) is 6.92 Å². The maximum Gasteiger partial charge on any atom is 0.268 e. The minimum absolute atomic E-state index is 0.164. The standard InChI is InChI=1S/C13H23B2FO11P2/c1-6-10(26-28(17,18)22-3)8(24-12(6)14)5-23-29(19,20)27-11-7(4-21-2)25-13(15)9(11)16/h6-13H,4-5H2,1-3H3,(H,17,18)(H,19,20)/p-2/t6?,7-,8-,9?,10-,11+,12-,13-/m1/s1. The molecule has 2 aliphatic rings. The molecule has 16 heteroatoms. The van der Waals surface area contributed by atoms with E-state index in [-0.39, 0.29) is 6.61 Å². The predicted molar refractivity (Wildman–Crippen MR) is 92.7 cm³/mol. The lowest BCUT2D eigenvalue weighted by Crippen LogP contribution is -2.37. The summed E-state index contributed by atoms with van der Waals surface area (Å²) >= 11 is 0. The summed E-state index contributed by atoms with van der Waals surface area (Å²) in [7, 11) is 3.60. The zero-order chi connectivity index (χ0) is 22.0. The third-order valence-corrected chi connectivity index (χ3v) is 6.43. The zero-order valence-corrected chi connectivity index (χ0v) is 17.7. The second-order valence-electron chi connectivity index (χ2n) is 6.55. The number of halogens is 1. The van der Waals surface area contributed by atoms with Gasteiger partial charge in [-0.3, -0.25) is 9.13 Å². The highest BCUT2D eigenvalue weighted by molar-refractivity contribution is 7.46. The number of phosphoric ester groups is 2. The number of alkyl halides is 1. The summed E-state index contributed by atoms with van der Waals surface area (Å²) in [4.78, 5) is 23.7. The lowest BCUT2D eigenvalue weighted by Gasteiger charge is -2.32. The van der Waals surface area contributed by atoms with E-state index < -0.39 is 70.8 Å². The molecule has 164 valence electrons. The number of hydrogen-bond donors (Lipinski definition) is 0. The van der Waals surface area contributed by atoms with Crippen LogP contribution in [0.25, 0.3) is 0 Å². The molecule has 11 nitrogen and oxygen atoms in total.